The van der Waals surface area contributed by atoms with Crippen LogP contribution in [0.15, 0.2) is 24.3 Å². The van der Waals surface area contributed by atoms with Gasteiger partial charge in [0, 0.05) is 37.7 Å². The molecule has 0 spiro atoms. The Labute approximate surface area is 117 Å². The van der Waals surface area contributed by atoms with Crippen LogP contribution in [-0.4, -0.2) is 54.3 Å². The zero-order chi connectivity index (χ0) is 14.9. The number of carbonyl (C=O) groups is 2. The minimum atomic E-state index is -0.227. The predicted molar refractivity (Wildman–Crippen MR) is 78.4 cm³/mol. The molecule has 6 nitrogen and oxygen atoms in total. The van der Waals surface area contributed by atoms with Crippen molar-refractivity contribution in [3.63, 3.8) is 0 Å². The van der Waals surface area contributed by atoms with Gasteiger partial charge in [-0.1, -0.05) is 0 Å². The van der Waals surface area contributed by atoms with Gasteiger partial charge in [0.1, 0.15) is 5.69 Å². The number of hydrogen-bond donors (Lipinski definition) is 2. The summed E-state index contributed by atoms with van der Waals surface area (Å²) in [5.74, 6) is -0.351. The lowest BCUT2D eigenvalue weighted by molar-refractivity contribution is -0.129. The van der Waals surface area contributed by atoms with Gasteiger partial charge in [-0.05, 0) is 24.3 Å². The van der Waals surface area contributed by atoms with E-state index in [1.807, 2.05) is 6.07 Å². The molecule has 0 atom stereocenters. The van der Waals surface area contributed by atoms with Crippen LogP contribution in [0.2, 0.25) is 0 Å². The summed E-state index contributed by atoms with van der Waals surface area (Å²) in [5, 5.41) is 0.876. The third-order valence-electron chi connectivity index (χ3n) is 3.09. The molecule has 0 unspecified atom stereocenters. The van der Waals surface area contributed by atoms with Gasteiger partial charge in [0.15, 0.2) is 0 Å². The van der Waals surface area contributed by atoms with Crippen LogP contribution in [0.1, 0.15) is 10.5 Å². The molecule has 1 heterocycles. The molecule has 2 amide bonds. The number of fused-ring (bicyclic) bond motifs is 1. The van der Waals surface area contributed by atoms with Crippen LogP contribution in [0.3, 0.4) is 0 Å². The summed E-state index contributed by atoms with van der Waals surface area (Å²) in [6, 6.07) is 7.14. The lowest BCUT2D eigenvalue weighted by Crippen LogP contribution is -2.37. The number of nitrogens with one attached hydrogen (secondary N) is 1. The maximum Gasteiger partial charge on any atom is 0.270 e. The number of rotatable bonds is 3. The van der Waals surface area contributed by atoms with Gasteiger partial charge < -0.3 is 20.5 Å². The fourth-order valence-corrected chi connectivity index (χ4v) is 1.89. The van der Waals surface area contributed by atoms with E-state index in [9.17, 15) is 9.59 Å². The summed E-state index contributed by atoms with van der Waals surface area (Å²) in [7, 11) is 4.92. The first-order valence-electron chi connectivity index (χ1n) is 6.22. The van der Waals surface area contributed by atoms with Gasteiger partial charge in [-0.3, -0.25) is 9.59 Å². The molecule has 3 N–H and O–H groups in total. The van der Waals surface area contributed by atoms with E-state index >= 15 is 0 Å². The van der Waals surface area contributed by atoms with Crippen molar-refractivity contribution in [2.24, 2.45) is 0 Å². The molecule has 0 aliphatic rings. The third kappa shape index (κ3) is 2.74. The maximum atomic E-state index is 12.2. The Kier molecular flexibility index (Phi) is 3.65. The van der Waals surface area contributed by atoms with Crippen molar-refractivity contribution in [1.82, 2.24) is 14.8 Å². The second kappa shape index (κ2) is 5.24. The average Bonchev–Trinajstić information content (AvgIpc) is 2.80. The molecule has 1 aromatic heterocycles. The molecular formula is C14H18N4O2. The van der Waals surface area contributed by atoms with Gasteiger partial charge in [-0.25, -0.2) is 0 Å². The van der Waals surface area contributed by atoms with E-state index in [4.69, 9.17) is 5.73 Å². The summed E-state index contributed by atoms with van der Waals surface area (Å²) in [6.07, 6.45) is 0. The van der Waals surface area contributed by atoms with Gasteiger partial charge in [0.25, 0.3) is 5.91 Å². The monoisotopic (exact) mass is 274 g/mol. The summed E-state index contributed by atoms with van der Waals surface area (Å²) in [6.45, 7) is 0.0450. The average molecular weight is 274 g/mol. The Morgan fingerprint density at radius 3 is 2.55 bits per heavy atom. The molecule has 20 heavy (non-hydrogen) atoms. The number of carbonyl (C=O) groups excluding carboxylic acids is 2. The fraction of sp³-hybridized carbons (Fsp3) is 0.286. The molecule has 0 aliphatic heterocycles. The Morgan fingerprint density at radius 1 is 1.20 bits per heavy atom. The van der Waals surface area contributed by atoms with Gasteiger partial charge in [-0.15, -0.1) is 0 Å². The van der Waals surface area contributed by atoms with Crippen molar-refractivity contribution in [2.45, 2.75) is 0 Å². The van der Waals surface area contributed by atoms with Crippen LogP contribution in [0.5, 0.6) is 0 Å². The van der Waals surface area contributed by atoms with E-state index in [1.165, 1.54) is 9.80 Å². The quantitative estimate of drug-likeness (QED) is 0.816. The summed E-state index contributed by atoms with van der Waals surface area (Å²) in [5.41, 5.74) is 7.64. The van der Waals surface area contributed by atoms with Gasteiger partial charge >= 0.3 is 0 Å². The topological polar surface area (TPSA) is 82.4 Å². The lowest BCUT2D eigenvalue weighted by atomic mass is 10.2. The van der Waals surface area contributed by atoms with Crippen LogP contribution in [0.25, 0.3) is 10.9 Å². The number of nitrogens with zero attached hydrogens (tertiary/aromatic N) is 2. The number of aromatic nitrogens is 1. The molecule has 0 saturated carbocycles. The number of nitrogens with two attached hydrogens (primary N) is 1. The molecule has 106 valence electrons. The number of anilines is 1. The van der Waals surface area contributed by atoms with Crippen LogP contribution in [-0.2, 0) is 4.79 Å². The predicted octanol–water partition coefficient (Wildman–Crippen LogP) is 0.910. The molecule has 0 saturated heterocycles. The van der Waals surface area contributed by atoms with Crippen molar-refractivity contribution in [3.8, 4) is 0 Å². The summed E-state index contributed by atoms with van der Waals surface area (Å²) in [4.78, 5) is 29.7. The molecule has 6 heteroatoms. The number of nitrogen functional groups attached to an aromatic ring is 1. The zero-order valence-electron chi connectivity index (χ0n) is 11.8. The number of aromatic amines is 1. The highest BCUT2D eigenvalue weighted by Gasteiger charge is 2.17. The Hall–Kier alpha value is -2.50. The minimum Gasteiger partial charge on any atom is -0.399 e. The molecule has 2 rings (SSSR count). The van der Waals surface area contributed by atoms with E-state index in [-0.39, 0.29) is 18.4 Å². The minimum absolute atomic E-state index is 0.0450. The molecule has 2 aromatic rings. The van der Waals surface area contributed by atoms with Crippen molar-refractivity contribution >= 4 is 28.4 Å². The second-order valence-electron chi connectivity index (χ2n) is 4.98. The molecule has 0 fully saturated rings. The zero-order valence-corrected chi connectivity index (χ0v) is 11.8. The van der Waals surface area contributed by atoms with Crippen LogP contribution >= 0.6 is 0 Å². The standard InChI is InChI=1S/C14H18N4O2/c1-17(2)13(19)8-18(3)14(20)12-7-9-6-10(15)4-5-11(9)16-12/h4-7,16H,8,15H2,1-3H3. The number of amides is 2. The SMILES string of the molecule is CN(C)C(=O)CN(C)C(=O)c1cc2cc(N)ccc2[nH]1. The van der Waals surface area contributed by atoms with E-state index in [2.05, 4.69) is 4.98 Å². The first kappa shape index (κ1) is 13.9. The Balaban J connectivity index is 2.20. The van der Waals surface area contributed by atoms with Crippen molar-refractivity contribution in [2.75, 3.05) is 33.4 Å². The first-order valence-corrected chi connectivity index (χ1v) is 6.22. The number of H-pyrrole nitrogens is 1. The van der Waals surface area contributed by atoms with E-state index < -0.39 is 0 Å². The first-order chi connectivity index (χ1) is 9.38. The Morgan fingerprint density at radius 2 is 1.90 bits per heavy atom. The van der Waals surface area contributed by atoms with Gasteiger partial charge in [0.2, 0.25) is 5.91 Å². The number of hydrogen-bond acceptors (Lipinski definition) is 3. The van der Waals surface area contributed by atoms with Gasteiger partial charge in [-0.2, -0.15) is 0 Å². The molecular weight excluding hydrogens is 256 g/mol. The van der Waals surface area contributed by atoms with Crippen molar-refractivity contribution in [3.05, 3.63) is 30.0 Å². The summed E-state index contributed by atoms with van der Waals surface area (Å²) >= 11 is 0. The Bertz CT molecular complexity index is 660. The highest BCUT2D eigenvalue weighted by molar-refractivity contribution is 5.99. The maximum absolute atomic E-state index is 12.2. The largest absolute Gasteiger partial charge is 0.399 e. The summed E-state index contributed by atoms with van der Waals surface area (Å²) < 4.78 is 0. The van der Waals surface area contributed by atoms with E-state index in [0.29, 0.717) is 11.4 Å². The molecule has 0 radical (unpaired) electrons. The molecule has 0 aliphatic carbocycles. The van der Waals surface area contributed by atoms with Crippen LogP contribution in [0.4, 0.5) is 5.69 Å². The molecule has 0 bridgehead atoms. The third-order valence-corrected chi connectivity index (χ3v) is 3.09. The smallest absolute Gasteiger partial charge is 0.270 e. The van der Waals surface area contributed by atoms with E-state index in [0.717, 1.165) is 10.9 Å². The van der Waals surface area contributed by atoms with Crippen molar-refractivity contribution in [1.29, 1.82) is 0 Å². The van der Waals surface area contributed by atoms with Crippen molar-refractivity contribution < 1.29 is 9.59 Å². The number of likely N-dealkylation sites (N-methyl/N-ethyl adjacent to an activating group) is 2. The highest BCUT2D eigenvalue weighted by Crippen LogP contribution is 2.19. The van der Waals surface area contributed by atoms with Crippen LogP contribution < -0.4 is 5.73 Å². The molecule has 1 aromatic carbocycles. The lowest BCUT2D eigenvalue weighted by Gasteiger charge is -2.18. The second-order valence-corrected chi connectivity index (χ2v) is 4.98. The normalized spacial score (nSPS) is 10.6. The fourth-order valence-electron chi connectivity index (χ4n) is 1.89. The van der Waals surface area contributed by atoms with E-state index in [1.54, 1.807) is 39.3 Å². The number of benzene rings is 1. The highest BCUT2D eigenvalue weighted by atomic mass is 16.2. The van der Waals surface area contributed by atoms with Gasteiger partial charge in [0.05, 0.1) is 6.54 Å². The van der Waals surface area contributed by atoms with Crippen LogP contribution in [0, 0.1) is 0 Å².